The summed E-state index contributed by atoms with van der Waals surface area (Å²) in [5.74, 6) is 1.29. The van der Waals surface area contributed by atoms with E-state index in [1.54, 1.807) is 102 Å². The van der Waals surface area contributed by atoms with Crippen molar-refractivity contribution in [2.24, 2.45) is 0 Å². The van der Waals surface area contributed by atoms with E-state index in [0.29, 0.717) is 56.3 Å². The second-order valence-corrected chi connectivity index (χ2v) is 19.6. The lowest BCUT2D eigenvalue weighted by Gasteiger charge is -2.26. The molecule has 2 heterocycles. The van der Waals surface area contributed by atoms with Crippen LogP contribution in [-0.2, 0) is 45.7 Å². The number of para-hydroxylation sites is 1. The molecule has 344 valence electrons. The van der Waals surface area contributed by atoms with E-state index >= 15 is 16.8 Å². The van der Waals surface area contributed by atoms with E-state index in [1.165, 1.54) is 43.5 Å². The Labute approximate surface area is 388 Å². The molecule has 0 unspecified atom stereocenters. The topological polar surface area (TPSA) is 182 Å². The van der Waals surface area contributed by atoms with Crippen molar-refractivity contribution in [2.45, 2.75) is 40.5 Å². The average Bonchev–Trinajstić information content (AvgIpc) is 4.02. The zero-order valence-electron chi connectivity index (χ0n) is 35.9. The van der Waals surface area contributed by atoms with Crippen molar-refractivity contribution in [2.75, 3.05) is 27.1 Å². The summed E-state index contributed by atoms with van der Waals surface area (Å²) < 4.78 is 122. The SMILES string of the molecule is COc1ccc(CN(Cc2ccc(OC)cc2)S(=O)(=O)c2c(S(=O)(=O)c3cccc(C(F)(F)F)c3)ccc(-c3csc(-c4ccccc4N)n3)c2-c2nnn(Cc3ccc(OC)cc3)n2)cc1. The van der Waals surface area contributed by atoms with Crippen LogP contribution < -0.4 is 19.9 Å². The fourth-order valence-corrected chi connectivity index (χ4v) is 11.8. The van der Waals surface area contributed by atoms with E-state index < -0.39 is 46.3 Å². The smallest absolute Gasteiger partial charge is 0.416 e. The number of thiazole rings is 1. The third-order valence-electron chi connectivity index (χ3n) is 10.6. The van der Waals surface area contributed by atoms with Crippen LogP contribution in [0.2, 0.25) is 0 Å². The van der Waals surface area contributed by atoms with Crippen LogP contribution in [0.1, 0.15) is 22.3 Å². The number of aromatic nitrogens is 5. The van der Waals surface area contributed by atoms with Crippen molar-refractivity contribution in [3.8, 4) is 50.5 Å². The summed E-state index contributed by atoms with van der Waals surface area (Å²) in [6, 6.07) is 32.7. The van der Waals surface area contributed by atoms with Crippen LogP contribution in [0.25, 0.3) is 33.2 Å². The molecule has 2 N–H and O–H groups in total. The number of benzene rings is 6. The average molecular weight is 968 g/mol. The number of nitrogen functional groups attached to an aromatic ring is 1. The molecule has 0 aliphatic carbocycles. The highest BCUT2D eigenvalue weighted by Crippen LogP contribution is 2.44. The predicted molar refractivity (Wildman–Crippen MR) is 246 cm³/mol. The summed E-state index contributed by atoms with van der Waals surface area (Å²) in [6.07, 6.45) is -4.93. The number of halogens is 3. The Morgan fingerprint density at radius 1 is 0.701 bits per heavy atom. The van der Waals surface area contributed by atoms with Gasteiger partial charge in [0, 0.05) is 35.3 Å². The zero-order chi connectivity index (χ0) is 47.5. The van der Waals surface area contributed by atoms with Crippen molar-refractivity contribution in [1.29, 1.82) is 0 Å². The summed E-state index contributed by atoms with van der Waals surface area (Å²) in [5, 5.41) is 15.3. The molecule has 0 fully saturated rings. The number of hydrogen-bond acceptors (Lipinski definition) is 13. The second kappa shape index (κ2) is 19.0. The molecule has 0 bridgehead atoms. The molecule has 0 aliphatic heterocycles. The summed E-state index contributed by atoms with van der Waals surface area (Å²) >= 11 is 1.20. The Kier molecular flexibility index (Phi) is 13.2. The van der Waals surface area contributed by atoms with Crippen molar-refractivity contribution >= 4 is 36.9 Å². The minimum atomic E-state index is -5.12. The molecule has 0 amide bonds. The van der Waals surface area contributed by atoms with Gasteiger partial charge in [0.05, 0.1) is 54.5 Å². The van der Waals surface area contributed by atoms with Gasteiger partial charge < -0.3 is 19.9 Å². The number of methoxy groups -OCH3 is 3. The number of ether oxygens (including phenoxy) is 3. The van der Waals surface area contributed by atoms with Crippen molar-refractivity contribution in [1.82, 2.24) is 29.5 Å². The van der Waals surface area contributed by atoms with Crippen LogP contribution in [0.4, 0.5) is 18.9 Å². The highest BCUT2D eigenvalue weighted by Gasteiger charge is 2.40. The Hall–Kier alpha value is -7.13. The van der Waals surface area contributed by atoms with Crippen LogP contribution >= 0.6 is 11.3 Å². The Morgan fingerprint density at radius 2 is 1.28 bits per heavy atom. The van der Waals surface area contributed by atoms with Crippen LogP contribution in [0.3, 0.4) is 0 Å². The lowest BCUT2D eigenvalue weighted by molar-refractivity contribution is -0.137. The molecule has 14 nitrogen and oxygen atoms in total. The predicted octanol–water partition coefficient (Wildman–Crippen LogP) is 9.03. The summed E-state index contributed by atoms with van der Waals surface area (Å²) in [4.78, 5) is 3.59. The third-order valence-corrected chi connectivity index (χ3v) is 15.3. The molecule has 0 aliphatic rings. The molecule has 67 heavy (non-hydrogen) atoms. The van der Waals surface area contributed by atoms with E-state index in [9.17, 15) is 13.2 Å². The zero-order valence-corrected chi connectivity index (χ0v) is 38.3. The largest absolute Gasteiger partial charge is 0.497 e. The van der Waals surface area contributed by atoms with Crippen LogP contribution in [0.15, 0.2) is 154 Å². The van der Waals surface area contributed by atoms with E-state index in [0.717, 1.165) is 28.6 Å². The van der Waals surface area contributed by atoms with Gasteiger partial charge >= 0.3 is 6.18 Å². The molecule has 0 saturated heterocycles. The van der Waals surface area contributed by atoms with Gasteiger partial charge in [0.15, 0.2) is 0 Å². The molecule has 0 spiro atoms. The molecular weight excluding hydrogens is 928 g/mol. The fraction of sp³-hybridized carbons (Fsp3) is 0.149. The normalized spacial score (nSPS) is 12.0. The monoisotopic (exact) mass is 967 g/mol. The number of nitrogens with two attached hydrogens (primary N) is 1. The van der Waals surface area contributed by atoms with Gasteiger partial charge in [0.2, 0.25) is 25.7 Å². The first-order valence-corrected chi connectivity index (χ1v) is 24.0. The number of sulfone groups is 1. The quantitative estimate of drug-likeness (QED) is 0.0909. The minimum Gasteiger partial charge on any atom is -0.497 e. The minimum absolute atomic E-state index is 0.0475. The van der Waals surface area contributed by atoms with E-state index in [4.69, 9.17) is 24.9 Å². The molecule has 0 radical (unpaired) electrons. The number of hydrogen-bond donors (Lipinski definition) is 1. The Balaban J connectivity index is 1.41. The van der Waals surface area contributed by atoms with E-state index in [1.807, 2.05) is 0 Å². The maximum atomic E-state index is 16.0. The van der Waals surface area contributed by atoms with Gasteiger partial charge in [-0.2, -0.15) is 22.3 Å². The van der Waals surface area contributed by atoms with Gasteiger partial charge in [-0.15, -0.1) is 21.5 Å². The fourth-order valence-electron chi connectivity index (χ4n) is 7.17. The number of anilines is 1. The summed E-state index contributed by atoms with van der Waals surface area (Å²) in [6.45, 7) is -0.570. The van der Waals surface area contributed by atoms with Crippen LogP contribution in [0, 0.1) is 0 Å². The summed E-state index contributed by atoms with van der Waals surface area (Å²) in [5.41, 5.74) is 7.74. The second-order valence-electron chi connectivity index (χ2n) is 14.9. The van der Waals surface area contributed by atoms with Crippen molar-refractivity contribution in [3.05, 3.63) is 161 Å². The van der Waals surface area contributed by atoms with Gasteiger partial charge in [0.1, 0.15) is 27.2 Å². The number of nitrogens with zero attached hydrogens (tertiary/aromatic N) is 6. The summed E-state index contributed by atoms with van der Waals surface area (Å²) in [7, 11) is -5.74. The number of rotatable bonds is 16. The Bertz CT molecular complexity index is 3220. The molecule has 20 heteroatoms. The van der Waals surface area contributed by atoms with Gasteiger partial charge in [-0.25, -0.2) is 21.8 Å². The Morgan fingerprint density at radius 3 is 1.85 bits per heavy atom. The van der Waals surface area contributed by atoms with Crippen LogP contribution in [0.5, 0.6) is 17.2 Å². The molecule has 0 atom stereocenters. The molecule has 6 aromatic carbocycles. The standard InChI is InChI=1S/C47H40F3N7O7S3/c1-62-34-17-11-30(12-18-34)26-56(27-31-13-19-35(63-2)20-14-31)67(60,61)44-42(66(58,59)37-8-6-7-33(25-37)47(48,49)50)24-23-39(41-29-65-46(52-41)38-9-4-5-10-40(38)51)43(44)45-53-55-57(54-45)28-32-15-21-36(64-3)22-16-32/h4-25,29H,26-28,51H2,1-3H3. The van der Waals surface area contributed by atoms with Crippen molar-refractivity contribution < 1.29 is 44.2 Å². The van der Waals surface area contributed by atoms with Crippen LogP contribution in [-0.4, -0.2) is 67.7 Å². The maximum Gasteiger partial charge on any atom is 0.416 e. The molecule has 8 aromatic rings. The molecule has 0 saturated carbocycles. The van der Waals surface area contributed by atoms with Crippen molar-refractivity contribution in [3.63, 3.8) is 0 Å². The maximum absolute atomic E-state index is 16.0. The molecular formula is C47H40F3N7O7S3. The third kappa shape index (κ3) is 9.87. The molecule has 2 aromatic heterocycles. The first-order chi connectivity index (χ1) is 32.1. The molecule has 8 rings (SSSR count). The van der Waals surface area contributed by atoms with Gasteiger partial charge in [-0.05, 0) is 94.7 Å². The number of sulfonamides is 1. The van der Waals surface area contributed by atoms with Gasteiger partial charge in [0.25, 0.3) is 0 Å². The highest BCUT2D eigenvalue weighted by molar-refractivity contribution is 7.93. The highest BCUT2D eigenvalue weighted by atomic mass is 32.2. The van der Waals surface area contributed by atoms with Gasteiger partial charge in [-0.1, -0.05) is 60.7 Å². The van der Waals surface area contributed by atoms with E-state index in [-0.39, 0.29) is 42.3 Å². The van der Waals surface area contributed by atoms with Gasteiger partial charge in [-0.3, -0.25) is 0 Å². The first-order valence-electron chi connectivity index (χ1n) is 20.2. The van der Waals surface area contributed by atoms with E-state index in [2.05, 4.69) is 15.4 Å². The number of alkyl halides is 3. The lowest BCUT2D eigenvalue weighted by Crippen LogP contribution is -2.32. The lowest BCUT2D eigenvalue weighted by atomic mass is 10.0. The number of tetrazole rings is 1. The first kappa shape index (κ1) is 46.4.